The van der Waals surface area contributed by atoms with E-state index in [1.807, 2.05) is 26.0 Å². The lowest BCUT2D eigenvalue weighted by molar-refractivity contribution is 0.0923. The standard InChI is InChI=1S/C18H19NO2/c1-12(2)21-17-9-16(10-19-11-17)18(20)15-7-13-5-3-4-6-14(13)8-15/h3-6,9-12,15H,7-8H2,1-2H3. The van der Waals surface area contributed by atoms with Crippen LogP contribution in [0.25, 0.3) is 0 Å². The Hall–Kier alpha value is -2.16. The Kier molecular flexibility index (Phi) is 3.74. The molecule has 1 aliphatic rings. The van der Waals surface area contributed by atoms with E-state index in [1.165, 1.54) is 11.1 Å². The van der Waals surface area contributed by atoms with Crippen LogP contribution in [0.15, 0.2) is 42.7 Å². The van der Waals surface area contributed by atoms with Gasteiger partial charge in [-0.3, -0.25) is 9.78 Å². The average Bonchev–Trinajstić information content (AvgIpc) is 2.90. The van der Waals surface area contributed by atoms with Gasteiger partial charge in [-0.2, -0.15) is 0 Å². The largest absolute Gasteiger partial charge is 0.489 e. The Bertz CT molecular complexity index is 639. The van der Waals surface area contributed by atoms with E-state index in [4.69, 9.17) is 4.74 Å². The summed E-state index contributed by atoms with van der Waals surface area (Å²) < 4.78 is 5.61. The Balaban J connectivity index is 1.78. The summed E-state index contributed by atoms with van der Waals surface area (Å²) in [7, 11) is 0. The zero-order valence-corrected chi connectivity index (χ0v) is 12.4. The summed E-state index contributed by atoms with van der Waals surface area (Å²) in [5, 5.41) is 0. The maximum atomic E-state index is 12.7. The van der Waals surface area contributed by atoms with Crippen LogP contribution in [0.4, 0.5) is 0 Å². The van der Waals surface area contributed by atoms with Gasteiger partial charge in [0.1, 0.15) is 5.75 Å². The summed E-state index contributed by atoms with van der Waals surface area (Å²) in [5.41, 5.74) is 3.22. The van der Waals surface area contributed by atoms with E-state index in [2.05, 4.69) is 17.1 Å². The minimum atomic E-state index is 0.0264. The van der Waals surface area contributed by atoms with E-state index in [1.54, 1.807) is 18.5 Å². The van der Waals surface area contributed by atoms with Crippen LogP contribution in [0, 0.1) is 5.92 Å². The fourth-order valence-electron chi connectivity index (χ4n) is 2.87. The van der Waals surface area contributed by atoms with E-state index in [0.717, 1.165) is 12.8 Å². The molecule has 2 aromatic rings. The van der Waals surface area contributed by atoms with Gasteiger partial charge in [-0.15, -0.1) is 0 Å². The number of carbonyl (C=O) groups excluding carboxylic acids is 1. The summed E-state index contributed by atoms with van der Waals surface area (Å²) in [6, 6.07) is 10.1. The minimum Gasteiger partial charge on any atom is -0.489 e. The topological polar surface area (TPSA) is 39.2 Å². The van der Waals surface area contributed by atoms with E-state index >= 15 is 0 Å². The van der Waals surface area contributed by atoms with Crippen molar-refractivity contribution in [2.75, 3.05) is 0 Å². The number of hydrogen-bond donors (Lipinski definition) is 0. The molecule has 108 valence electrons. The number of ether oxygens (including phenoxy) is 1. The van der Waals surface area contributed by atoms with E-state index < -0.39 is 0 Å². The Morgan fingerprint density at radius 1 is 1.19 bits per heavy atom. The summed E-state index contributed by atoms with van der Waals surface area (Å²) in [4.78, 5) is 16.8. The van der Waals surface area contributed by atoms with Crippen molar-refractivity contribution in [1.29, 1.82) is 0 Å². The minimum absolute atomic E-state index is 0.0264. The Morgan fingerprint density at radius 3 is 2.48 bits per heavy atom. The molecule has 1 aromatic carbocycles. The Morgan fingerprint density at radius 2 is 1.86 bits per heavy atom. The molecule has 0 aliphatic heterocycles. The second-order valence-electron chi connectivity index (χ2n) is 5.81. The molecule has 0 amide bonds. The number of pyridine rings is 1. The van der Waals surface area contributed by atoms with Gasteiger partial charge in [0.05, 0.1) is 12.3 Å². The quantitative estimate of drug-likeness (QED) is 0.806. The van der Waals surface area contributed by atoms with Gasteiger partial charge >= 0.3 is 0 Å². The van der Waals surface area contributed by atoms with Crippen LogP contribution in [0.2, 0.25) is 0 Å². The van der Waals surface area contributed by atoms with Crippen molar-refractivity contribution in [2.24, 2.45) is 5.92 Å². The van der Waals surface area contributed by atoms with E-state index in [0.29, 0.717) is 11.3 Å². The number of aromatic nitrogens is 1. The highest BCUT2D eigenvalue weighted by molar-refractivity contribution is 5.98. The van der Waals surface area contributed by atoms with Crippen molar-refractivity contribution in [3.63, 3.8) is 0 Å². The number of rotatable bonds is 4. The number of nitrogens with zero attached hydrogens (tertiary/aromatic N) is 1. The molecule has 0 spiro atoms. The van der Waals surface area contributed by atoms with Gasteiger partial charge < -0.3 is 4.74 Å². The van der Waals surface area contributed by atoms with Gasteiger partial charge in [-0.1, -0.05) is 24.3 Å². The zero-order valence-electron chi connectivity index (χ0n) is 12.4. The lowest BCUT2D eigenvalue weighted by atomic mass is 9.96. The molecule has 0 radical (unpaired) electrons. The molecule has 3 rings (SSSR count). The van der Waals surface area contributed by atoms with Crippen molar-refractivity contribution in [2.45, 2.75) is 32.8 Å². The summed E-state index contributed by atoms with van der Waals surface area (Å²) >= 11 is 0. The van der Waals surface area contributed by atoms with Gasteiger partial charge in [0.25, 0.3) is 0 Å². The van der Waals surface area contributed by atoms with Crippen LogP contribution in [0.3, 0.4) is 0 Å². The van der Waals surface area contributed by atoms with Crippen molar-refractivity contribution >= 4 is 5.78 Å². The van der Waals surface area contributed by atoms with Crippen molar-refractivity contribution in [3.8, 4) is 5.75 Å². The van der Waals surface area contributed by atoms with Crippen LogP contribution in [0.5, 0.6) is 5.75 Å². The van der Waals surface area contributed by atoms with Gasteiger partial charge in [-0.25, -0.2) is 0 Å². The molecule has 0 atom stereocenters. The molecule has 1 aromatic heterocycles. The highest BCUT2D eigenvalue weighted by atomic mass is 16.5. The maximum Gasteiger partial charge on any atom is 0.168 e. The smallest absolute Gasteiger partial charge is 0.168 e. The normalized spacial score (nSPS) is 14.2. The number of fused-ring (bicyclic) bond motifs is 1. The van der Waals surface area contributed by atoms with Crippen LogP contribution >= 0.6 is 0 Å². The van der Waals surface area contributed by atoms with Gasteiger partial charge in [0.15, 0.2) is 5.78 Å². The highest BCUT2D eigenvalue weighted by Gasteiger charge is 2.28. The first kappa shape index (κ1) is 13.8. The zero-order chi connectivity index (χ0) is 14.8. The van der Waals surface area contributed by atoms with Crippen molar-refractivity contribution in [1.82, 2.24) is 4.98 Å². The predicted molar refractivity (Wildman–Crippen MR) is 81.7 cm³/mol. The second kappa shape index (κ2) is 5.68. The molecule has 1 aliphatic carbocycles. The fraction of sp³-hybridized carbons (Fsp3) is 0.333. The number of hydrogen-bond acceptors (Lipinski definition) is 3. The van der Waals surface area contributed by atoms with E-state index in [9.17, 15) is 4.79 Å². The van der Waals surface area contributed by atoms with Crippen LogP contribution in [0.1, 0.15) is 35.3 Å². The fourth-order valence-corrected chi connectivity index (χ4v) is 2.87. The molecule has 21 heavy (non-hydrogen) atoms. The molecule has 1 heterocycles. The van der Waals surface area contributed by atoms with Crippen LogP contribution in [-0.2, 0) is 12.8 Å². The molecule has 0 unspecified atom stereocenters. The van der Waals surface area contributed by atoms with Crippen molar-refractivity contribution < 1.29 is 9.53 Å². The number of Topliss-reactive ketones (excluding diaryl/α,β-unsaturated/α-hetero) is 1. The molecule has 0 bridgehead atoms. The van der Waals surface area contributed by atoms with Gasteiger partial charge in [-0.05, 0) is 43.9 Å². The maximum absolute atomic E-state index is 12.7. The van der Waals surface area contributed by atoms with Crippen LogP contribution in [-0.4, -0.2) is 16.9 Å². The monoisotopic (exact) mass is 281 g/mol. The molecule has 0 saturated carbocycles. The van der Waals surface area contributed by atoms with Gasteiger partial charge in [0.2, 0.25) is 0 Å². The number of benzene rings is 1. The summed E-state index contributed by atoms with van der Waals surface area (Å²) in [6.45, 7) is 3.92. The highest BCUT2D eigenvalue weighted by Crippen LogP contribution is 2.29. The third kappa shape index (κ3) is 2.97. The summed E-state index contributed by atoms with van der Waals surface area (Å²) in [6.07, 6.45) is 5.01. The van der Waals surface area contributed by atoms with Crippen LogP contribution < -0.4 is 4.74 Å². The average molecular weight is 281 g/mol. The predicted octanol–water partition coefficient (Wildman–Crippen LogP) is 3.47. The molecular formula is C18H19NO2. The third-order valence-electron chi connectivity index (χ3n) is 3.79. The first-order valence-corrected chi connectivity index (χ1v) is 7.36. The first-order chi connectivity index (χ1) is 10.1. The van der Waals surface area contributed by atoms with Crippen molar-refractivity contribution in [3.05, 3.63) is 59.4 Å². The molecule has 0 fully saturated rings. The third-order valence-corrected chi connectivity index (χ3v) is 3.79. The number of carbonyl (C=O) groups is 1. The molecule has 3 nitrogen and oxygen atoms in total. The lowest BCUT2D eigenvalue weighted by Crippen LogP contribution is -2.15. The first-order valence-electron chi connectivity index (χ1n) is 7.36. The second-order valence-corrected chi connectivity index (χ2v) is 5.81. The molecule has 0 N–H and O–H groups in total. The summed E-state index contributed by atoms with van der Waals surface area (Å²) in [5.74, 6) is 0.845. The van der Waals surface area contributed by atoms with E-state index in [-0.39, 0.29) is 17.8 Å². The molecule has 0 saturated heterocycles. The SMILES string of the molecule is CC(C)Oc1cncc(C(=O)C2Cc3ccccc3C2)c1. The number of ketones is 1. The molecule has 3 heteroatoms. The molecular weight excluding hydrogens is 262 g/mol. The lowest BCUT2D eigenvalue weighted by Gasteiger charge is -2.12. The Labute approximate surface area is 125 Å². The van der Waals surface area contributed by atoms with Gasteiger partial charge in [0, 0.05) is 17.7 Å².